The lowest BCUT2D eigenvalue weighted by molar-refractivity contribution is -0.115. The van der Waals surface area contributed by atoms with Crippen molar-refractivity contribution in [1.29, 1.82) is 0 Å². The third-order valence-electron chi connectivity index (χ3n) is 3.44. The van der Waals surface area contributed by atoms with Crippen LogP contribution in [0.5, 0.6) is 0 Å². The molecule has 2 aromatic carbocycles. The van der Waals surface area contributed by atoms with Gasteiger partial charge in [-0.25, -0.2) is 0 Å². The van der Waals surface area contributed by atoms with Crippen molar-refractivity contribution in [3.63, 3.8) is 0 Å². The summed E-state index contributed by atoms with van der Waals surface area (Å²) < 4.78 is 0. The van der Waals surface area contributed by atoms with Crippen LogP contribution in [-0.2, 0) is 11.2 Å². The van der Waals surface area contributed by atoms with Gasteiger partial charge in [0.15, 0.2) is 0 Å². The standard InChI is InChI=1S/C18H17N3O/c1-13-5-7-14(8-6-13)11-18(22)20-16-4-2-3-15(12-16)17-9-10-19-21-17/h2-10,12H,11H2,1H3,(H,19,21)(H,20,22). The van der Waals surface area contributed by atoms with Crippen LogP contribution in [0.3, 0.4) is 0 Å². The predicted octanol–water partition coefficient (Wildman–Crippen LogP) is 3.57. The number of nitrogens with zero attached hydrogens (tertiary/aromatic N) is 1. The van der Waals surface area contributed by atoms with E-state index in [4.69, 9.17) is 0 Å². The van der Waals surface area contributed by atoms with Gasteiger partial charge in [0, 0.05) is 17.4 Å². The Kier molecular flexibility index (Phi) is 4.01. The van der Waals surface area contributed by atoms with Crippen LogP contribution in [-0.4, -0.2) is 16.1 Å². The van der Waals surface area contributed by atoms with Crippen LogP contribution in [0.4, 0.5) is 5.69 Å². The summed E-state index contributed by atoms with van der Waals surface area (Å²) in [4.78, 5) is 12.1. The highest BCUT2D eigenvalue weighted by Crippen LogP contribution is 2.20. The number of carbonyl (C=O) groups is 1. The van der Waals surface area contributed by atoms with E-state index in [0.29, 0.717) is 6.42 Å². The molecule has 0 bridgehead atoms. The molecule has 4 heteroatoms. The molecular weight excluding hydrogens is 274 g/mol. The Morgan fingerprint density at radius 3 is 2.68 bits per heavy atom. The largest absolute Gasteiger partial charge is 0.326 e. The van der Waals surface area contributed by atoms with E-state index >= 15 is 0 Å². The number of aromatic amines is 1. The summed E-state index contributed by atoms with van der Waals surface area (Å²) >= 11 is 0. The lowest BCUT2D eigenvalue weighted by Crippen LogP contribution is -2.14. The summed E-state index contributed by atoms with van der Waals surface area (Å²) in [6.45, 7) is 2.03. The van der Waals surface area contributed by atoms with Crippen molar-refractivity contribution in [3.05, 3.63) is 71.9 Å². The van der Waals surface area contributed by atoms with Gasteiger partial charge in [-0.3, -0.25) is 9.89 Å². The van der Waals surface area contributed by atoms with Crippen LogP contribution in [0.15, 0.2) is 60.8 Å². The van der Waals surface area contributed by atoms with Crippen LogP contribution in [0.2, 0.25) is 0 Å². The monoisotopic (exact) mass is 291 g/mol. The molecular formula is C18H17N3O. The molecule has 0 saturated heterocycles. The molecule has 110 valence electrons. The van der Waals surface area contributed by atoms with Crippen LogP contribution in [0.1, 0.15) is 11.1 Å². The van der Waals surface area contributed by atoms with Gasteiger partial charge < -0.3 is 5.32 Å². The van der Waals surface area contributed by atoms with E-state index in [-0.39, 0.29) is 5.91 Å². The molecule has 4 nitrogen and oxygen atoms in total. The fourth-order valence-electron chi connectivity index (χ4n) is 2.28. The molecule has 0 aliphatic heterocycles. The number of rotatable bonds is 4. The van der Waals surface area contributed by atoms with E-state index in [0.717, 1.165) is 22.5 Å². The van der Waals surface area contributed by atoms with Gasteiger partial charge in [-0.15, -0.1) is 0 Å². The third-order valence-corrected chi connectivity index (χ3v) is 3.44. The molecule has 1 heterocycles. The average molecular weight is 291 g/mol. The number of benzene rings is 2. The minimum absolute atomic E-state index is 0.0226. The maximum absolute atomic E-state index is 12.1. The minimum Gasteiger partial charge on any atom is -0.326 e. The van der Waals surface area contributed by atoms with Gasteiger partial charge in [0.2, 0.25) is 5.91 Å². The lowest BCUT2D eigenvalue weighted by Gasteiger charge is -2.07. The van der Waals surface area contributed by atoms with Crippen molar-refractivity contribution in [2.75, 3.05) is 5.32 Å². The Balaban J connectivity index is 1.69. The summed E-state index contributed by atoms with van der Waals surface area (Å²) in [5.74, 6) is -0.0226. The number of H-pyrrole nitrogens is 1. The van der Waals surface area contributed by atoms with Crippen molar-refractivity contribution >= 4 is 11.6 Å². The molecule has 1 amide bonds. The molecule has 0 radical (unpaired) electrons. The quantitative estimate of drug-likeness (QED) is 0.772. The molecule has 22 heavy (non-hydrogen) atoms. The Hall–Kier alpha value is -2.88. The maximum Gasteiger partial charge on any atom is 0.228 e. The average Bonchev–Trinajstić information content (AvgIpc) is 3.04. The van der Waals surface area contributed by atoms with Crippen LogP contribution in [0.25, 0.3) is 11.3 Å². The van der Waals surface area contributed by atoms with Crippen molar-refractivity contribution in [1.82, 2.24) is 10.2 Å². The second kappa shape index (κ2) is 6.26. The third kappa shape index (κ3) is 3.41. The number of hydrogen-bond donors (Lipinski definition) is 2. The topological polar surface area (TPSA) is 57.8 Å². The molecule has 0 aliphatic rings. The number of aryl methyl sites for hydroxylation is 1. The Morgan fingerprint density at radius 1 is 1.14 bits per heavy atom. The molecule has 0 aliphatic carbocycles. The van der Waals surface area contributed by atoms with Crippen LogP contribution < -0.4 is 5.32 Å². The highest BCUT2D eigenvalue weighted by Gasteiger charge is 2.06. The molecule has 0 saturated carbocycles. The first-order valence-electron chi connectivity index (χ1n) is 7.16. The highest BCUT2D eigenvalue weighted by molar-refractivity contribution is 5.92. The van der Waals surface area contributed by atoms with Crippen LogP contribution >= 0.6 is 0 Å². The first-order valence-corrected chi connectivity index (χ1v) is 7.16. The minimum atomic E-state index is -0.0226. The van der Waals surface area contributed by atoms with Gasteiger partial charge in [0.1, 0.15) is 0 Å². The van der Waals surface area contributed by atoms with E-state index in [2.05, 4.69) is 15.5 Å². The van der Waals surface area contributed by atoms with Gasteiger partial charge in [0.25, 0.3) is 0 Å². The van der Waals surface area contributed by atoms with Crippen LogP contribution in [0, 0.1) is 6.92 Å². The smallest absolute Gasteiger partial charge is 0.228 e. The normalized spacial score (nSPS) is 10.4. The van der Waals surface area contributed by atoms with E-state index in [9.17, 15) is 4.79 Å². The first-order chi connectivity index (χ1) is 10.7. The molecule has 0 unspecified atom stereocenters. The van der Waals surface area contributed by atoms with Crippen molar-refractivity contribution < 1.29 is 4.79 Å². The molecule has 3 aromatic rings. The summed E-state index contributed by atoms with van der Waals surface area (Å²) in [5, 5.41) is 9.79. The number of anilines is 1. The van der Waals surface area contributed by atoms with Gasteiger partial charge in [0.05, 0.1) is 12.1 Å². The lowest BCUT2D eigenvalue weighted by atomic mass is 10.1. The number of nitrogens with one attached hydrogen (secondary N) is 2. The Bertz CT molecular complexity index is 761. The van der Waals surface area contributed by atoms with E-state index in [1.165, 1.54) is 5.56 Å². The second-order valence-corrected chi connectivity index (χ2v) is 5.26. The molecule has 1 aromatic heterocycles. The van der Waals surface area contributed by atoms with Crippen molar-refractivity contribution in [3.8, 4) is 11.3 Å². The van der Waals surface area contributed by atoms with Gasteiger partial charge in [-0.05, 0) is 30.7 Å². The van der Waals surface area contributed by atoms with Gasteiger partial charge in [-0.2, -0.15) is 5.10 Å². The fourth-order valence-corrected chi connectivity index (χ4v) is 2.28. The number of aromatic nitrogens is 2. The molecule has 0 fully saturated rings. The Morgan fingerprint density at radius 2 is 1.95 bits per heavy atom. The zero-order valence-corrected chi connectivity index (χ0v) is 12.3. The van der Waals surface area contributed by atoms with Gasteiger partial charge in [-0.1, -0.05) is 42.0 Å². The zero-order valence-electron chi connectivity index (χ0n) is 12.3. The van der Waals surface area contributed by atoms with Gasteiger partial charge >= 0.3 is 0 Å². The summed E-state index contributed by atoms with van der Waals surface area (Å²) in [6.07, 6.45) is 2.08. The van der Waals surface area contributed by atoms with Crippen molar-refractivity contribution in [2.45, 2.75) is 13.3 Å². The predicted molar refractivity (Wildman–Crippen MR) is 87.5 cm³/mol. The molecule has 0 atom stereocenters. The first kappa shape index (κ1) is 14.1. The summed E-state index contributed by atoms with van der Waals surface area (Å²) in [6, 6.07) is 17.6. The Labute approximate surface area is 129 Å². The molecule has 3 rings (SSSR count). The van der Waals surface area contributed by atoms with Crippen molar-refractivity contribution in [2.24, 2.45) is 0 Å². The maximum atomic E-state index is 12.1. The second-order valence-electron chi connectivity index (χ2n) is 5.26. The molecule has 2 N–H and O–H groups in total. The molecule has 0 spiro atoms. The summed E-state index contributed by atoms with van der Waals surface area (Å²) in [7, 11) is 0. The fraction of sp³-hybridized carbons (Fsp3) is 0.111. The van der Waals surface area contributed by atoms with E-state index in [1.54, 1.807) is 6.20 Å². The zero-order chi connectivity index (χ0) is 15.4. The van der Waals surface area contributed by atoms with E-state index < -0.39 is 0 Å². The number of amides is 1. The SMILES string of the molecule is Cc1ccc(CC(=O)Nc2cccc(-c3ccn[nH]3)c2)cc1. The highest BCUT2D eigenvalue weighted by atomic mass is 16.1. The number of hydrogen-bond acceptors (Lipinski definition) is 2. The summed E-state index contributed by atoms with van der Waals surface area (Å²) in [5.41, 5.74) is 4.90. The van der Waals surface area contributed by atoms with E-state index in [1.807, 2.05) is 61.5 Å². The number of carbonyl (C=O) groups excluding carboxylic acids is 1.